The first-order valence-corrected chi connectivity index (χ1v) is 6.69. The van der Waals surface area contributed by atoms with E-state index in [4.69, 9.17) is 21.6 Å². The van der Waals surface area contributed by atoms with Crippen molar-refractivity contribution in [1.82, 2.24) is 5.32 Å². The van der Waals surface area contributed by atoms with Crippen molar-refractivity contribution < 1.29 is 4.74 Å². The molecule has 0 heterocycles. The Labute approximate surface area is 113 Å². The van der Waals surface area contributed by atoms with Gasteiger partial charge in [0.2, 0.25) is 0 Å². The van der Waals surface area contributed by atoms with Gasteiger partial charge in [-0.2, -0.15) is 5.26 Å². The van der Waals surface area contributed by atoms with E-state index in [1.54, 1.807) is 0 Å². The minimum Gasteiger partial charge on any atom is -0.493 e. The zero-order valence-electron chi connectivity index (χ0n) is 10.3. The van der Waals surface area contributed by atoms with Gasteiger partial charge in [-0.3, -0.25) is 0 Å². The summed E-state index contributed by atoms with van der Waals surface area (Å²) in [6.07, 6.45) is 3.78. The lowest BCUT2D eigenvalue weighted by Gasteiger charge is -2.13. The number of hydrogen-bond donors (Lipinski definition) is 1. The van der Waals surface area contributed by atoms with E-state index in [-0.39, 0.29) is 0 Å². The van der Waals surface area contributed by atoms with Gasteiger partial charge in [-0.15, -0.1) is 0 Å². The molecule has 96 valence electrons. The van der Waals surface area contributed by atoms with Crippen LogP contribution in [0.25, 0.3) is 0 Å². The van der Waals surface area contributed by atoms with E-state index in [2.05, 4.69) is 11.4 Å². The minimum atomic E-state index is 0.524. The molecule has 1 fully saturated rings. The minimum absolute atomic E-state index is 0.524. The smallest absolute Gasteiger partial charge is 0.125 e. The quantitative estimate of drug-likeness (QED) is 0.769. The topological polar surface area (TPSA) is 45.0 Å². The molecule has 18 heavy (non-hydrogen) atoms. The van der Waals surface area contributed by atoms with Gasteiger partial charge >= 0.3 is 0 Å². The van der Waals surface area contributed by atoms with Gasteiger partial charge in [0.25, 0.3) is 0 Å². The maximum atomic E-state index is 8.48. The molecule has 0 spiro atoms. The van der Waals surface area contributed by atoms with Crippen LogP contribution in [-0.4, -0.2) is 12.6 Å². The van der Waals surface area contributed by atoms with Crippen LogP contribution in [0.2, 0.25) is 5.02 Å². The van der Waals surface area contributed by atoms with Crippen LogP contribution in [0.3, 0.4) is 0 Å². The number of benzene rings is 1. The molecule has 1 aliphatic carbocycles. The second-order valence-corrected chi connectivity index (χ2v) is 4.89. The van der Waals surface area contributed by atoms with Crippen molar-refractivity contribution in [2.45, 2.75) is 38.3 Å². The summed E-state index contributed by atoms with van der Waals surface area (Å²) in [4.78, 5) is 0. The van der Waals surface area contributed by atoms with Gasteiger partial charge < -0.3 is 10.1 Å². The number of nitrogens with one attached hydrogen (secondary N) is 1. The van der Waals surface area contributed by atoms with Gasteiger partial charge in [0.05, 0.1) is 12.7 Å². The van der Waals surface area contributed by atoms with Crippen molar-refractivity contribution in [2.75, 3.05) is 6.61 Å². The number of nitrogens with zero attached hydrogens (tertiary/aromatic N) is 1. The third-order valence-corrected chi connectivity index (χ3v) is 3.27. The lowest BCUT2D eigenvalue weighted by atomic mass is 10.2. The van der Waals surface area contributed by atoms with E-state index in [0.717, 1.165) is 29.3 Å². The summed E-state index contributed by atoms with van der Waals surface area (Å²) in [5, 5.41) is 12.7. The van der Waals surface area contributed by atoms with E-state index in [0.29, 0.717) is 19.1 Å². The number of unbranched alkanes of at least 4 members (excludes halogenated alkanes) is 1. The van der Waals surface area contributed by atoms with Gasteiger partial charge in [-0.25, -0.2) is 0 Å². The SMILES string of the molecule is N#CCCCOc1cccc(Cl)c1CNC1CC1. The zero-order chi connectivity index (χ0) is 12.8. The highest BCUT2D eigenvalue weighted by molar-refractivity contribution is 6.31. The van der Waals surface area contributed by atoms with Gasteiger partial charge in [0, 0.05) is 29.6 Å². The third kappa shape index (κ3) is 3.90. The lowest BCUT2D eigenvalue weighted by molar-refractivity contribution is 0.308. The van der Waals surface area contributed by atoms with Gasteiger partial charge in [-0.05, 0) is 31.4 Å². The van der Waals surface area contributed by atoms with E-state index in [1.807, 2.05) is 18.2 Å². The molecule has 3 nitrogen and oxygen atoms in total. The van der Waals surface area contributed by atoms with Crippen molar-refractivity contribution in [2.24, 2.45) is 0 Å². The molecule has 0 bridgehead atoms. The van der Waals surface area contributed by atoms with E-state index in [9.17, 15) is 0 Å². The first-order valence-electron chi connectivity index (χ1n) is 6.32. The molecule has 0 amide bonds. The lowest BCUT2D eigenvalue weighted by Crippen LogP contribution is -2.16. The molecule has 1 aliphatic rings. The van der Waals surface area contributed by atoms with E-state index >= 15 is 0 Å². The Morgan fingerprint density at radius 2 is 2.28 bits per heavy atom. The summed E-state index contributed by atoms with van der Waals surface area (Å²) in [7, 11) is 0. The molecular weight excluding hydrogens is 248 g/mol. The second-order valence-electron chi connectivity index (χ2n) is 4.48. The fourth-order valence-electron chi connectivity index (χ4n) is 1.71. The van der Waals surface area contributed by atoms with E-state index in [1.165, 1.54) is 12.8 Å². The molecule has 1 aromatic rings. The molecule has 0 aromatic heterocycles. The summed E-state index contributed by atoms with van der Waals surface area (Å²) in [6.45, 7) is 1.31. The van der Waals surface area contributed by atoms with E-state index < -0.39 is 0 Å². The Balaban J connectivity index is 1.93. The highest BCUT2D eigenvalue weighted by Crippen LogP contribution is 2.28. The van der Waals surface area contributed by atoms with Crippen LogP contribution in [0.4, 0.5) is 0 Å². The zero-order valence-corrected chi connectivity index (χ0v) is 11.0. The largest absolute Gasteiger partial charge is 0.493 e. The van der Waals surface area contributed by atoms with Crippen LogP contribution in [0.1, 0.15) is 31.2 Å². The molecule has 0 atom stereocenters. The summed E-state index contributed by atoms with van der Waals surface area (Å²) >= 11 is 6.20. The molecule has 1 N–H and O–H groups in total. The standard InChI is InChI=1S/C14H17ClN2O/c15-13-4-3-5-14(18-9-2-1-8-16)12(13)10-17-11-6-7-11/h3-5,11,17H,1-2,6-7,9-10H2. The Morgan fingerprint density at radius 3 is 3.00 bits per heavy atom. The van der Waals surface area contributed by atoms with Crippen molar-refractivity contribution >= 4 is 11.6 Å². The molecule has 0 aliphatic heterocycles. The van der Waals surface area contributed by atoms with Crippen LogP contribution >= 0.6 is 11.6 Å². The number of halogens is 1. The molecule has 0 unspecified atom stereocenters. The van der Waals surface area contributed by atoms with Crippen LogP contribution in [0.5, 0.6) is 5.75 Å². The molecule has 2 rings (SSSR count). The van der Waals surface area contributed by atoms with Crippen LogP contribution in [0, 0.1) is 11.3 Å². The molecule has 4 heteroatoms. The number of rotatable bonds is 7. The van der Waals surface area contributed by atoms with Crippen LogP contribution in [0.15, 0.2) is 18.2 Å². The van der Waals surface area contributed by atoms with Crippen molar-refractivity contribution in [3.05, 3.63) is 28.8 Å². The van der Waals surface area contributed by atoms with Crippen LogP contribution < -0.4 is 10.1 Å². The highest BCUT2D eigenvalue weighted by Gasteiger charge is 2.21. The van der Waals surface area contributed by atoms with Crippen molar-refractivity contribution in [3.8, 4) is 11.8 Å². The Bertz CT molecular complexity index is 438. The van der Waals surface area contributed by atoms with Crippen LogP contribution in [-0.2, 0) is 6.54 Å². The monoisotopic (exact) mass is 264 g/mol. The average Bonchev–Trinajstić information content (AvgIpc) is 3.18. The van der Waals surface area contributed by atoms with Crippen molar-refractivity contribution in [3.63, 3.8) is 0 Å². The molecule has 0 radical (unpaired) electrons. The summed E-state index contributed by atoms with van der Waals surface area (Å²) < 4.78 is 5.70. The van der Waals surface area contributed by atoms with Crippen molar-refractivity contribution in [1.29, 1.82) is 5.26 Å². The molecule has 0 saturated heterocycles. The predicted molar refractivity (Wildman–Crippen MR) is 71.7 cm³/mol. The van der Waals surface area contributed by atoms with Gasteiger partial charge in [-0.1, -0.05) is 17.7 Å². The first-order chi connectivity index (χ1) is 8.81. The molecule has 1 saturated carbocycles. The Kier molecular flexibility index (Phi) is 4.86. The summed E-state index contributed by atoms with van der Waals surface area (Å²) in [5.74, 6) is 0.827. The summed E-state index contributed by atoms with van der Waals surface area (Å²) in [6, 6.07) is 8.46. The third-order valence-electron chi connectivity index (χ3n) is 2.91. The predicted octanol–water partition coefficient (Wildman–Crippen LogP) is 3.27. The fraction of sp³-hybridized carbons (Fsp3) is 0.500. The first kappa shape index (κ1) is 13.2. The fourth-order valence-corrected chi connectivity index (χ4v) is 1.95. The number of ether oxygens (including phenoxy) is 1. The Morgan fingerprint density at radius 1 is 1.44 bits per heavy atom. The second kappa shape index (κ2) is 6.63. The highest BCUT2D eigenvalue weighted by atomic mass is 35.5. The van der Waals surface area contributed by atoms with Gasteiger partial charge in [0.15, 0.2) is 0 Å². The number of hydrogen-bond acceptors (Lipinski definition) is 3. The average molecular weight is 265 g/mol. The maximum Gasteiger partial charge on any atom is 0.125 e. The molecular formula is C14H17ClN2O. The normalized spacial score (nSPS) is 14.2. The van der Waals surface area contributed by atoms with Gasteiger partial charge in [0.1, 0.15) is 5.75 Å². The summed E-state index contributed by atoms with van der Waals surface area (Å²) in [5.41, 5.74) is 1.02. The Hall–Kier alpha value is -1.24. The number of nitriles is 1. The maximum absolute atomic E-state index is 8.48. The molecule has 1 aromatic carbocycles.